The van der Waals surface area contributed by atoms with Gasteiger partial charge in [0.2, 0.25) is 0 Å². The molecule has 3 heterocycles. The average Bonchev–Trinajstić information content (AvgIpc) is 3.47. The topological polar surface area (TPSA) is 53.2 Å². The van der Waals surface area contributed by atoms with E-state index in [0.29, 0.717) is 5.92 Å². The van der Waals surface area contributed by atoms with Crippen molar-refractivity contribution in [2.45, 2.75) is 64.7 Å². The van der Waals surface area contributed by atoms with E-state index in [1.54, 1.807) is 7.11 Å². The Hall–Kier alpha value is -2.49. The van der Waals surface area contributed by atoms with Crippen molar-refractivity contribution in [3.05, 3.63) is 47.4 Å². The lowest BCUT2D eigenvalue weighted by atomic mass is 9.85. The Bertz CT molecular complexity index is 899. The third-order valence-corrected chi connectivity index (χ3v) is 6.16. The van der Waals surface area contributed by atoms with Gasteiger partial charge in [0.05, 0.1) is 29.9 Å². The number of hydrogen-bond donors (Lipinski definition) is 2. The molecule has 1 atom stereocenters. The first-order chi connectivity index (χ1) is 14.3. The maximum absolute atomic E-state index is 5.67. The van der Waals surface area contributed by atoms with Crippen molar-refractivity contribution in [2.24, 2.45) is 10.9 Å². The first kappa shape index (κ1) is 19.8. The number of hydrogen-bond acceptors (Lipinski definition) is 2. The second-order valence-electron chi connectivity index (χ2n) is 8.27. The highest BCUT2D eigenvalue weighted by atomic mass is 16.5. The summed E-state index contributed by atoms with van der Waals surface area (Å²) in [6, 6.07) is 6.13. The van der Waals surface area contributed by atoms with Gasteiger partial charge in [0.25, 0.3) is 0 Å². The van der Waals surface area contributed by atoms with E-state index in [4.69, 9.17) is 9.73 Å². The molecular formula is C25H33N3O. The van der Waals surface area contributed by atoms with Crippen molar-refractivity contribution >= 4 is 11.8 Å². The molecule has 29 heavy (non-hydrogen) atoms. The number of fused-ring (bicyclic) bond motifs is 1. The number of aromatic nitrogens is 2. The van der Waals surface area contributed by atoms with Gasteiger partial charge in [-0.15, -0.1) is 0 Å². The molecule has 0 saturated carbocycles. The summed E-state index contributed by atoms with van der Waals surface area (Å²) in [5.41, 5.74) is 6.91. The zero-order valence-electron chi connectivity index (χ0n) is 17.8. The van der Waals surface area contributed by atoms with Gasteiger partial charge in [0.1, 0.15) is 5.75 Å². The molecule has 4 nitrogen and oxygen atoms in total. The van der Waals surface area contributed by atoms with Crippen molar-refractivity contribution in [3.63, 3.8) is 0 Å². The second kappa shape index (κ2) is 9.34. The summed E-state index contributed by atoms with van der Waals surface area (Å²) < 4.78 is 5.67. The van der Waals surface area contributed by atoms with Crippen LogP contribution < -0.4 is 4.74 Å². The van der Waals surface area contributed by atoms with Gasteiger partial charge in [0, 0.05) is 18.0 Å². The fraction of sp³-hybridized carbons (Fsp3) is 0.480. The molecular weight excluding hydrogens is 358 g/mol. The van der Waals surface area contributed by atoms with E-state index in [0.717, 1.165) is 34.9 Å². The number of aliphatic imine (C=N–C) groups is 1. The fourth-order valence-electron chi connectivity index (χ4n) is 4.54. The van der Waals surface area contributed by atoms with Crippen molar-refractivity contribution in [2.75, 3.05) is 7.11 Å². The molecule has 2 aliphatic rings. The maximum Gasteiger partial charge on any atom is 0.144 e. The summed E-state index contributed by atoms with van der Waals surface area (Å²) in [6.45, 7) is 2.29. The second-order valence-corrected chi connectivity index (χ2v) is 8.27. The number of ether oxygens (including phenoxy) is 1. The molecule has 154 valence electrons. The highest BCUT2D eigenvalue weighted by Gasteiger charge is 2.24. The van der Waals surface area contributed by atoms with Gasteiger partial charge in [-0.1, -0.05) is 39.0 Å². The third-order valence-electron chi connectivity index (χ3n) is 6.16. The van der Waals surface area contributed by atoms with Crippen LogP contribution in [0.2, 0.25) is 0 Å². The minimum Gasteiger partial charge on any atom is -0.494 e. The van der Waals surface area contributed by atoms with Crippen molar-refractivity contribution in [1.29, 1.82) is 0 Å². The lowest BCUT2D eigenvalue weighted by molar-refractivity contribution is 0.414. The van der Waals surface area contributed by atoms with E-state index in [1.807, 2.05) is 12.3 Å². The van der Waals surface area contributed by atoms with Gasteiger partial charge < -0.3 is 14.7 Å². The number of unbranched alkanes of at least 4 members (excludes halogenated alkanes) is 1. The van der Waals surface area contributed by atoms with E-state index in [-0.39, 0.29) is 0 Å². The maximum atomic E-state index is 5.67. The molecule has 4 rings (SSSR count). The zero-order valence-corrected chi connectivity index (χ0v) is 17.8. The molecule has 1 aliphatic carbocycles. The Morgan fingerprint density at radius 3 is 2.90 bits per heavy atom. The predicted octanol–water partition coefficient (Wildman–Crippen LogP) is 6.90. The normalized spacial score (nSPS) is 21.2. The molecule has 0 unspecified atom stereocenters. The standard InChI is InChI=1S/C25H33N3O/c1-3-4-10-18-11-7-5-6-8-12-19-15-20(18)22(27-19)16-24-25(29-2)17-23(28-24)21-13-9-14-26-21/h9,13-18,26,28H,3-8,10-12H2,1-2H3/t18-/m1/s1. The largest absolute Gasteiger partial charge is 0.494 e. The molecule has 2 aromatic rings. The molecule has 0 saturated heterocycles. The summed E-state index contributed by atoms with van der Waals surface area (Å²) in [5.74, 6) is 1.48. The van der Waals surface area contributed by atoms with E-state index in [9.17, 15) is 0 Å². The first-order valence-corrected chi connectivity index (χ1v) is 11.2. The van der Waals surface area contributed by atoms with Crippen LogP contribution in [0.5, 0.6) is 5.75 Å². The molecule has 0 radical (unpaired) electrons. The van der Waals surface area contributed by atoms with Gasteiger partial charge in [-0.3, -0.25) is 4.99 Å². The lowest BCUT2D eigenvalue weighted by Gasteiger charge is -2.19. The van der Waals surface area contributed by atoms with Crippen LogP contribution in [0.4, 0.5) is 0 Å². The number of nitrogens with zero attached hydrogens (tertiary/aromatic N) is 1. The quantitative estimate of drug-likeness (QED) is 0.553. The molecule has 2 aromatic heterocycles. The van der Waals surface area contributed by atoms with Crippen LogP contribution in [0.1, 0.15) is 70.4 Å². The Morgan fingerprint density at radius 1 is 1.21 bits per heavy atom. The van der Waals surface area contributed by atoms with Gasteiger partial charge >= 0.3 is 0 Å². The number of H-pyrrole nitrogens is 2. The van der Waals surface area contributed by atoms with Gasteiger partial charge in [-0.05, 0) is 61.5 Å². The minimum absolute atomic E-state index is 0.615. The fourth-order valence-corrected chi connectivity index (χ4v) is 4.54. The Kier molecular flexibility index (Phi) is 6.38. The van der Waals surface area contributed by atoms with E-state index in [2.05, 4.69) is 41.2 Å². The predicted molar refractivity (Wildman–Crippen MR) is 121 cm³/mol. The van der Waals surface area contributed by atoms with Crippen LogP contribution in [-0.4, -0.2) is 22.8 Å². The molecule has 4 heteroatoms. The highest BCUT2D eigenvalue weighted by molar-refractivity contribution is 6.00. The number of rotatable bonds is 6. The van der Waals surface area contributed by atoms with Crippen LogP contribution in [0.25, 0.3) is 17.5 Å². The minimum atomic E-state index is 0.615. The van der Waals surface area contributed by atoms with E-state index >= 15 is 0 Å². The molecule has 0 aromatic carbocycles. The SMILES string of the molecule is CCCC[C@@H]1CCCCCCC2=NC(=Cc3[nH]c(-c4ccc[nH]4)cc3OC)C1=C2. The average molecular weight is 392 g/mol. The molecule has 0 amide bonds. The summed E-state index contributed by atoms with van der Waals surface area (Å²) in [7, 11) is 1.73. The van der Waals surface area contributed by atoms with Crippen molar-refractivity contribution in [3.8, 4) is 17.1 Å². The van der Waals surface area contributed by atoms with Crippen LogP contribution >= 0.6 is 0 Å². The van der Waals surface area contributed by atoms with Crippen molar-refractivity contribution < 1.29 is 4.74 Å². The zero-order chi connectivity index (χ0) is 20.1. The van der Waals surface area contributed by atoms with Gasteiger partial charge in [0.15, 0.2) is 0 Å². The lowest BCUT2D eigenvalue weighted by Crippen LogP contribution is -2.06. The van der Waals surface area contributed by atoms with Crippen LogP contribution in [0.15, 0.2) is 46.7 Å². The monoisotopic (exact) mass is 391 g/mol. The Labute approximate surface area is 174 Å². The summed E-state index contributed by atoms with van der Waals surface area (Å²) in [5, 5.41) is 0. The molecule has 1 aliphatic heterocycles. The third kappa shape index (κ3) is 4.58. The number of nitrogens with one attached hydrogen (secondary N) is 2. The number of aromatic amines is 2. The summed E-state index contributed by atoms with van der Waals surface area (Å²) in [6.07, 6.45) is 18.0. The number of methoxy groups -OCH3 is 1. The smallest absolute Gasteiger partial charge is 0.144 e. The first-order valence-electron chi connectivity index (χ1n) is 11.2. The Balaban J connectivity index is 1.68. The number of allylic oxidation sites excluding steroid dienone is 2. The highest BCUT2D eigenvalue weighted by Crippen LogP contribution is 2.37. The summed E-state index contributed by atoms with van der Waals surface area (Å²) >= 11 is 0. The van der Waals surface area contributed by atoms with E-state index in [1.165, 1.54) is 62.7 Å². The van der Waals surface area contributed by atoms with Gasteiger partial charge in [-0.25, -0.2) is 0 Å². The summed E-state index contributed by atoms with van der Waals surface area (Å²) in [4.78, 5) is 11.8. The van der Waals surface area contributed by atoms with Crippen LogP contribution in [0.3, 0.4) is 0 Å². The Morgan fingerprint density at radius 2 is 2.10 bits per heavy atom. The molecule has 2 bridgehead atoms. The van der Waals surface area contributed by atoms with E-state index < -0.39 is 0 Å². The molecule has 2 N–H and O–H groups in total. The van der Waals surface area contributed by atoms with Gasteiger partial charge in [-0.2, -0.15) is 0 Å². The molecule has 0 fully saturated rings. The van der Waals surface area contributed by atoms with Crippen LogP contribution in [0, 0.1) is 5.92 Å². The van der Waals surface area contributed by atoms with Crippen LogP contribution in [-0.2, 0) is 0 Å². The molecule has 0 spiro atoms. The van der Waals surface area contributed by atoms with Crippen molar-refractivity contribution in [1.82, 2.24) is 9.97 Å².